The van der Waals surface area contributed by atoms with Gasteiger partial charge in [-0.1, -0.05) is 6.92 Å². The second-order valence-electron chi connectivity index (χ2n) is 6.57. The van der Waals surface area contributed by atoms with E-state index in [1.54, 1.807) is 12.3 Å². The Labute approximate surface area is 179 Å². The number of benzene rings is 1. The molecule has 1 aliphatic heterocycles. The zero-order chi connectivity index (χ0) is 21.1. The fourth-order valence-electron chi connectivity index (χ4n) is 2.78. The molecular weight excluding hydrogens is 461 g/mol. The number of tetrazole rings is 1. The maximum Gasteiger partial charge on any atom is 0.335 e. The van der Waals surface area contributed by atoms with Gasteiger partial charge in [0.25, 0.3) is 0 Å². The second-order valence-corrected chi connectivity index (χ2v) is 7.42. The lowest BCUT2D eigenvalue weighted by molar-refractivity contribution is -0.145. The van der Waals surface area contributed by atoms with Gasteiger partial charge in [0, 0.05) is 12.5 Å². The van der Waals surface area contributed by atoms with Crippen molar-refractivity contribution in [2.45, 2.75) is 25.9 Å². The van der Waals surface area contributed by atoms with Gasteiger partial charge in [0.2, 0.25) is 5.82 Å². The van der Waals surface area contributed by atoms with Crippen LogP contribution >= 0.6 is 15.9 Å². The van der Waals surface area contributed by atoms with Gasteiger partial charge in [-0.05, 0) is 49.8 Å². The van der Waals surface area contributed by atoms with E-state index in [4.69, 9.17) is 9.57 Å². The van der Waals surface area contributed by atoms with E-state index in [2.05, 4.69) is 41.4 Å². The van der Waals surface area contributed by atoms with Crippen LogP contribution in [-0.2, 0) is 4.79 Å². The fourth-order valence-corrected chi connectivity index (χ4v) is 3.12. The molecule has 1 fully saturated rings. The van der Waals surface area contributed by atoms with Crippen LogP contribution in [0.25, 0.3) is 11.5 Å². The average molecular weight is 478 g/mol. The van der Waals surface area contributed by atoms with Crippen LogP contribution in [0.2, 0.25) is 0 Å². The minimum Gasteiger partial charge on any atom is -0.485 e. The van der Waals surface area contributed by atoms with Crippen molar-refractivity contribution >= 4 is 27.7 Å². The second kappa shape index (κ2) is 8.69. The first-order valence-electron chi connectivity index (χ1n) is 9.22. The van der Waals surface area contributed by atoms with E-state index in [0.29, 0.717) is 41.2 Å². The lowest BCUT2D eigenvalue weighted by Gasteiger charge is -2.39. The van der Waals surface area contributed by atoms with Crippen LogP contribution in [0, 0.1) is 5.82 Å². The van der Waals surface area contributed by atoms with Crippen LogP contribution in [-0.4, -0.2) is 55.5 Å². The number of halogens is 2. The molecule has 0 bridgehead atoms. The number of hydrogen-bond donors (Lipinski definition) is 0. The van der Waals surface area contributed by atoms with Crippen LogP contribution in [0.15, 0.2) is 35.1 Å². The predicted octanol–water partition coefficient (Wildman–Crippen LogP) is 2.05. The van der Waals surface area contributed by atoms with Crippen LogP contribution < -0.4 is 14.5 Å². The molecule has 4 rings (SSSR count). The zero-order valence-electron chi connectivity index (χ0n) is 15.9. The summed E-state index contributed by atoms with van der Waals surface area (Å²) in [5.41, 5.74) is 0.366. The Morgan fingerprint density at radius 1 is 1.30 bits per heavy atom. The molecule has 1 saturated heterocycles. The van der Waals surface area contributed by atoms with Crippen molar-refractivity contribution in [2.75, 3.05) is 18.0 Å². The Bertz CT molecular complexity index is 1040. The standard InChI is InChI=1S/C18H17BrFN7O3/c1-2-3-17(28)30-27-18(23-24-25-27)14-7-22-16(8-21-14)26-9-12(10-26)29-15-6-11(20)4-5-13(15)19/h4-8,12H,2-3,9-10H2,1H3. The number of hydrogen-bond acceptors (Lipinski definition) is 9. The van der Waals surface area contributed by atoms with Crippen molar-refractivity contribution in [1.29, 1.82) is 0 Å². The van der Waals surface area contributed by atoms with E-state index in [-0.39, 0.29) is 24.2 Å². The molecule has 0 spiro atoms. The molecular formula is C18H17BrFN7O3. The van der Waals surface area contributed by atoms with Crippen molar-refractivity contribution in [3.63, 3.8) is 0 Å². The fraction of sp³-hybridized carbons (Fsp3) is 0.333. The van der Waals surface area contributed by atoms with Crippen molar-refractivity contribution in [3.05, 3.63) is 40.9 Å². The Kier molecular flexibility index (Phi) is 5.84. The minimum atomic E-state index is -0.438. The van der Waals surface area contributed by atoms with Gasteiger partial charge < -0.3 is 14.5 Å². The summed E-state index contributed by atoms with van der Waals surface area (Å²) in [5, 5.41) is 11.0. The molecule has 0 amide bonds. The summed E-state index contributed by atoms with van der Waals surface area (Å²) in [4.78, 5) is 28.4. The average Bonchev–Trinajstić information content (AvgIpc) is 3.15. The molecule has 0 radical (unpaired) electrons. The summed E-state index contributed by atoms with van der Waals surface area (Å²) in [6, 6.07) is 4.32. The molecule has 0 atom stereocenters. The molecule has 1 aliphatic rings. The van der Waals surface area contributed by atoms with E-state index < -0.39 is 5.97 Å². The smallest absolute Gasteiger partial charge is 0.335 e. The zero-order valence-corrected chi connectivity index (χ0v) is 17.5. The first-order valence-corrected chi connectivity index (χ1v) is 10.0. The molecule has 3 heterocycles. The number of anilines is 1. The lowest BCUT2D eigenvalue weighted by Crippen LogP contribution is -2.54. The van der Waals surface area contributed by atoms with Gasteiger partial charge in [-0.15, -0.1) is 5.10 Å². The third kappa shape index (κ3) is 4.37. The van der Waals surface area contributed by atoms with E-state index in [9.17, 15) is 9.18 Å². The van der Waals surface area contributed by atoms with Crippen LogP contribution in [0.3, 0.4) is 0 Å². The van der Waals surface area contributed by atoms with Crippen LogP contribution in [0.5, 0.6) is 5.75 Å². The highest BCUT2D eigenvalue weighted by atomic mass is 79.9. The van der Waals surface area contributed by atoms with Gasteiger partial charge in [-0.25, -0.2) is 19.2 Å². The molecule has 10 nitrogen and oxygen atoms in total. The van der Waals surface area contributed by atoms with Crippen LogP contribution in [0.1, 0.15) is 19.8 Å². The van der Waals surface area contributed by atoms with Crippen molar-refractivity contribution < 1.29 is 18.8 Å². The normalized spacial score (nSPS) is 13.8. The Morgan fingerprint density at radius 3 is 2.87 bits per heavy atom. The largest absolute Gasteiger partial charge is 0.485 e. The molecule has 156 valence electrons. The lowest BCUT2D eigenvalue weighted by atomic mass is 10.1. The first kappa shape index (κ1) is 20.1. The number of carbonyl (C=O) groups is 1. The summed E-state index contributed by atoms with van der Waals surface area (Å²) in [5.74, 6) is 0.504. The Morgan fingerprint density at radius 2 is 2.13 bits per heavy atom. The van der Waals surface area contributed by atoms with Crippen LogP contribution in [0.4, 0.5) is 10.2 Å². The number of ether oxygens (including phenoxy) is 1. The molecule has 0 aliphatic carbocycles. The summed E-state index contributed by atoms with van der Waals surface area (Å²) >= 11 is 3.35. The molecule has 0 unspecified atom stereocenters. The third-order valence-corrected chi connectivity index (χ3v) is 4.97. The molecule has 12 heteroatoms. The highest BCUT2D eigenvalue weighted by Crippen LogP contribution is 2.29. The maximum atomic E-state index is 13.4. The van der Waals surface area contributed by atoms with Gasteiger partial charge in [-0.2, -0.15) is 0 Å². The highest BCUT2D eigenvalue weighted by molar-refractivity contribution is 9.10. The number of nitrogens with zero attached hydrogens (tertiary/aromatic N) is 7. The maximum absolute atomic E-state index is 13.4. The molecule has 0 saturated carbocycles. The van der Waals surface area contributed by atoms with Gasteiger partial charge in [0.05, 0.1) is 30.0 Å². The monoisotopic (exact) mass is 477 g/mol. The molecule has 30 heavy (non-hydrogen) atoms. The summed E-state index contributed by atoms with van der Waals surface area (Å²) in [6.45, 7) is 3.04. The van der Waals surface area contributed by atoms with Crippen molar-refractivity contribution in [3.8, 4) is 17.3 Å². The van der Waals surface area contributed by atoms with E-state index >= 15 is 0 Å². The number of rotatable bonds is 7. The first-order chi connectivity index (χ1) is 14.5. The van der Waals surface area contributed by atoms with Crippen molar-refractivity contribution in [1.82, 2.24) is 30.3 Å². The molecule has 2 aromatic heterocycles. The summed E-state index contributed by atoms with van der Waals surface area (Å²) < 4.78 is 19.9. The van der Waals surface area contributed by atoms with E-state index in [1.165, 1.54) is 18.3 Å². The summed E-state index contributed by atoms with van der Waals surface area (Å²) in [6.07, 6.45) is 3.91. The van der Waals surface area contributed by atoms with E-state index in [1.807, 2.05) is 11.8 Å². The minimum absolute atomic E-state index is 0.0881. The SMILES string of the molecule is CCCC(=O)On1nnnc1-c1cnc(N2CC(Oc3cc(F)ccc3Br)C2)cn1. The van der Waals surface area contributed by atoms with Gasteiger partial charge >= 0.3 is 5.97 Å². The Hall–Kier alpha value is -3.15. The number of carbonyl (C=O) groups excluding carboxylic acids is 1. The third-order valence-electron chi connectivity index (χ3n) is 4.31. The number of aromatic nitrogens is 6. The van der Waals surface area contributed by atoms with E-state index in [0.717, 1.165) is 4.85 Å². The van der Waals surface area contributed by atoms with Gasteiger partial charge in [0.15, 0.2) is 0 Å². The van der Waals surface area contributed by atoms with Gasteiger partial charge in [0.1, 0.15) is 29.2 Å². The molecule has 3 aromatic rings. The Balaban J connectivity index is 1.37. The van der Waals surface area contributed by atoms with Gasteiger partial charge in [-0.3, -0.25) is 0 Å². The summed E-state index contributed by atoms with van der Waals surface area (Å²) in [7, 11) is 0. The molecule has 0 N–H and O–H groups in total. The topological polar surface area (TPSA) is 108 Å². The predicted molar refractivity (Wildman–Crippen MR) is 106 cm³/mol. The van der Waals surface area contributed by atoms with Crippen molar-refractivity contribution in [2.24, 2.45) is 0 Å². The molecule has 1 aromatic carbocycles. The highest BCUT2D eigenvalue weighted by Gasteiger charge is 2.30. The quantitative estimate of drug-likeness (QED) is 0.472.